The molecule has 6 nitrogen and oxygen atoms in total. The van der Waals surface area contributed by atoms with Gasteiger partial charge in [0.05, 0.1) is 0 Å². The number of unbranched alkanes of at least 4 members (excludes halogenated alkanes) is 23. The summed E-state index contributed by atoms with van der Waals surface area (Å²) in [6.07, 6.45) is 33.3. The Morgan fingerprint density at radius 1 is 0.551 bits per heavy atom. The molecule has 0 aromatic rings. The molecule has 1 atom stereocenters. The molecule has 0 fully saturated rings. The van der Waals surface area contributed by atoms with E-state index in [9.17, 15) is 9.59 Å². The molecule has 292 valence electrons. The summed E-state index contributed by atoms with van der Waals surface area (Å²) >= 11 is 1.17. The minimum atomic E-state index is -2.99. The van der Waals surface area contributed by atoms with Crippen molar-refractivity contribution in [3.63, 3.8) is 0 Å². The van der Waals surface area contributed by atoms with Crippen LogP contribution in [0.5, 0.6) is 0 Å². The zero-order chi connectivity index (χ0) is 36.3. The third-order valence-corrected chi connectivity index (χ3v) is 13.5. The fourth-order valence-corrected chi connectivity index (χ4v) is 9.88. The molecule has 0 bridgehead atoms. The van der Waals surface area contributed by atoms with Gasteiger partial charge in [-0.2, -0.15) is 0 Å². The fraction of sp³-hybridized carbons (Fsp3) is 0.951. The second-order valence-corrected chi connectivity index (χ2v) is 18.4. The molecule has 0 aliphatic heterocycles. The van der Waals surface area contributed by atoms with Gasteiger partial charge in [0.25, 0.3) is 5.12 Å². The van der Waals surface area contributed by atoms with E-state index in [0.29, 0.717) is 31.4 Å². The van der Waals surface area contributed by atoms with Crippen LogP contribution in [-0.4, -0.2) is 63.9 Å². The van der Waals surface area contributed by atoms with Crippen molar-refractivity contribution in [2.45, 2.75) is 220 Å². The number of nitrogens with zero attached hydrogens (tertiary/aromatic N) is 1. The molecule has 49 heavy (non-hydrogen) atoms. The normalized spacial score (nSPS) is 12.6. The molecule has 0 aromatic heterocycles. The molecule has 0 radical (unpaired) electrons. The van der Waals surface area contributed by atoms with Gasteiger partial charge < -0.3 is 13.3 Å². The lowest BCUT2D eigenvalue weighted by molar-refractivity contribution is -0.131. The second kappa shape index (κ2) is 36.1. The van der Waals surface area contributed by atoms with Crippen LogP contribution in [0.25, 0.3) is 0 Å². The molecule has 0 rings (SSSR count). The van der Waals surface area contributed by atoms with Gasteiger partial charge in [-0.25, -0.2) is 0 Å². The van der Waals surface area contributed by atoms with E-state index in [4.69, 9.17) is 13.3 Å². The van der Waals surface area contributed by atoms with E-state index in [-0.39, 0.29) is 17.1 Å². The van der Waals surface area contributed by atoms with Gasteiger partial charge in [0, 0.05) is 31.4 Å². The third kappa shape index (κ3) is 31.0. The van der Waals surface area contributed by atoms with Crippen LogP contribution in [0.1, 0.15) is 207 Å². The minimum Gasteiger partial charge on any atom is -0.373 e. The Kier molecular flexibility index (Phi) is 35.9. The maximum absolute atomic E-state index is 12.7. The van der Waals surface area contributed by atoms with Gasteiger partial charge in [-0.05, 0) is 46.7 Å². The van der Waals surface area contributed by atoms with Gasteiger partial charge in [-0.1, -0.05) is 180 Å². The van der Waals surface area contributed by atoms with Crippen LogP contribution in [0.15, 0.2) is 0 Å². The Morgan fingerprint density at radius 3 is 1.31 bits per heavy atom. The predicted molar refractivity (Wildman–Crippen MR) is 215 cm³/mol. The summed E-state index contributed by atoms with van der Waals surface area (Å²) in [5, 5.41) is -0.287. The molecule has 0 spiro atoms. The standard InChI is InChI=1S/C41H83NO5SSi/c1-7-10-13-16-19-22-23-24-27-30-34-40(43)41(44)48-37-33-38-49(47-39(4)42(5)6,45-35-31-28-25-20-17-14-11-8-2)46-36-32-29-26-21-18-15-12-9-3/h39H,7-38H2,1-6H3. The molecule has 0 amide bonds. The highest BCUT2D eigenvalue weighted by molar-refractivity contribution is 8.15. The molecule has 0 aliphatic carbocycles. The van der Waals surface area contributed by atoms with Crippen LogP contribution in [0.2, 0.25) is 6.04 Å². The fourth-order valence-electron chi connectivity index (χ4n) is 6.01. The summed E-state index contributed by atoms with van der Waals surface area (Å²) in [5.41, 5.74) is 0. The number of Topliss-reactive ketones (excluding diaryl/α,β-unsaturated/α-hetero) is 1. The molecular weight excluding hydrogens is 647 g/mol. The lowest BCUT2D eigenvalue weighted by Gasteiger charge is -2.34. The summed E-state index contributed by atoms with van der Waals surface area (Å²) in [6.45, 7) is 10.2. The van der Waals surface area contributed by atoms with Crippen molar-refractivity contribution in [2.75, 3.05) is 33.1 Å². The summed E-state index contributed by atoms with van der Waals surface area (Å²) < 4.78 is 20.0. The Labute approximate surface area is 311 Å². The number of carbonyl (C=O) groups is 2. The molecule has 0 N–H and O–H groups in total. The zero-order valence-electron chi connectivity index (χ0n) is 33.6. The maximum atomic E-state index is 12.7. The molecule has 8 heteroatoms. The van der Waals surface area contributed by atoms with Gasteiger partial charge in [0.1, 0.15) is 6.23 Å². The summed E-state index contributed by atoms with van der Waals surface area (Å²) in [6, 6.07) is 0.673. The average Bonchev–Trinajstić information content (AvgIpc) is 3.09. The minimum absolute atomic E-state index is 0.124. The number of thioether (sulfide) groups is 1. The maximum Gasteiger partial charge on any atom is 0.502 e. The second-order valence-electron chi connectivity index (χ2n) is 14.6. The van der Waals surface area contributed by atoms with Crippen molar-refractivity contribution in [3.8, 4) is 0 Å². The smallest absolute Gasteiger partial charge is 0.373 e. The average molecular weight is 730 g/mol. The number of rotatable bonds is 39. The van der Waals surface area contributed by atoms with E-state index in [0.717, 1.165) is 32.1 Å². The largest absolute Gasteiger partial charge is 0.502 e. The summed E-state index contributed by atoms with van der Waals surface area (Å²) in [4.78, 5) is 27.3. The number of hydrogen-bond donors (Lipinski definition) is 0. The Hall–Kier alpha value is -0.253. The van der Waals surface area contributed by atoms with E-state index in [1.165, 1.54) is 153 Å². The molecule has 1 unspecified atom stereocenters. The van der Waals surface area contributed by atoms with Crippen LogP contribution in [-0.2, 0) is 22.9 Å². The quantitative estimate of drug-likeness (QED) is 0.0270. The zero-order valence-corrected chi connectivity index (χ0v) is 35.4. The van der Waals surface area contributed by atoms with Crippen molar-refractivity contribution in [3.05, 3.63) is 0 Å². The van der Waals surface area contributed by atoms with Gasteiger partial charge in [0.2, 0.25) is 5.78 Å². The molecule has 0 saturated heterocycles. The number of carbonyl (C=O) groups excluding carboxylic acids is 2. The first-order valence-electron chi connectivity index (χ1n) is 21.1. The van der Waals surface area contributed by atoms with Crippen LogP contribution in [0, 0.1) is 0 Å². The summed E-state index contributed by atoms with van der Waals surface area (Å²) in [5.74, 6) is 0.377. The van der Waals surface area contributed by atoms with Crippen molar-refractivity contribution in [2.24, 2.45) is 0 Å². The lowest BCUT2D eigenvalue weighted by Crippen LogP contribution is -2.51. The summed E-state index contributed by atoms with van der Waals surface area (Å²) in [7, 11) is 1.06. The van der Waals surface area contributed by atoms with E-state index in [2.05, 4.69) is 32.6 Å². The first kappa shape index (κ1) is 48.7. The topological polar surface area (TPSA) is 65.1 Å². The SMILES string of the molecule is CCCCCCCCCCCCC(=O)C(=O)SCCC[Si](OCCCCCCCCCC)(OCCCCCCCCCC)OC(C)N(C)C. The molecule has 0 aliphatic rings. The van der Waals surface area contributed by atoms with Crippen molar-refractivity contribution in [1.29, 1.82) is 0 Å². The van der Waals surface area contributed by atoms with Gasteiger partial charge in [0.15, 0.2) is 0 Å². The Balaban J connectivity index is 4.85. The molecule has 0 aromatic carbocycles. The van der Waals surface area contributed by atoms with E-state index < -0.39 is 8.80 Å². The van der Waals surface area contributed by atoms with Crippen molar-refractivity contribution < 1.29 is 22.9 Å². The third-order valence-electron chi connectivity index (χ3n) is 9.56. The van der Waals surface area contributed by atoms with Gasteiger partial charge in [-0.15, -0.1) is 0 Å². The van der Waals surface area contributed by atoms with E-state index >= 15 is 0 Å². The molecule has 0 heterocycles. The van der Waals surface area contributed by atoms with Crippen LogP contribution in [0.3, 0.4) is 0 Å². The number of ketones is 1. The first-order chi connectivity index (χ1) is 23.8. The highest BCUT2D eigenvalue weighted by atomic mass is 32.2. The van der Waals surface area contributed by atoms with E-state index in [1.807, 2.05) is 14.1 Å². The van der Waals surface area contributed by atoms with Crippen LogP contribution in [0.4, 0.5) is 0 Å². The van der Waals surface area contributed by atoms with Crippen LogP contribution < -0.4 is 0 Å². The van der Waals surface area contributed by atoms with Crippen molar-refractivity contribution >= 4 is 31.5 Å². The van der Waals surface area contributed by atoms with Crippen molar-refractivity contribution in [1.82, 2.24) is 4.90 Å². The van der Waals surface area contributed by atoms with Crippen LogP contribution >= 0.6 is 11.8 Å². The Morgan fingerprint density at radius 2 is 0.918 bits per heavy atom. The Bertz CT molecular complexity index is 719. The highest BCUT2D eigenvalue weighted by Crippen LogP contribution is 2.25. The molecule has 0 saturated carbocycles. The highest BCUT2D eigenvalue weighted by Gasteiger charge is 2.42. The lowest BCUT2D eigenvalue weighted by atomic mass is 10.1. The number of hydrogen-bond acceptors (Lipinski definition) is 7. The first-order valence-corrected chi connectivity index (χ1v) is 24.1. The van der Waals surface area contributed by atoms with E-state index in [1.54, 1.807) is 0 Å². The monoisotopic (exact) mass is 730 g/mol. The van der Waals surface area contributed by atoms with Gasteiger partial charge in [-0.3, -0.25) is 14.5 Å². The predicted octanol–water partition coefficient (Wildman–Crippen LogP) is 12.7. The van der Waals surface area contributed by atoms with Gasteiger partial charge >= 0.3 is 8.80 Å². The molecular formula is C41H83NO5SSi.